The second-order valence-electron chi connectivity index (χ2n) is 6.44. The van der Waals surface area contributed by atoms with E-state index >= 15 is 0 Å². The van der Waals surface area contributed by atoms with Crippen molar-refractivity contribution in [1.29, 1.82) is 0 Å². The van der Waals surface area contributed by atoms with Crippen molar-refractivity contribution in [2.45, 2.75) is 39.0 Å². The summed E-state index contributed by atoms with van der Waals surface area (Å²) in [6.45, 7) is 4.61. The first kappa shape index (κ1) is 19.2. The zero-order valence-corrected chi connectivity index (χ0v) is 14.5. The molecule has 0 aliphatic heterocycles. The molecule has 0 aromatic carbocycles. The lowest BCUT2D eigenvalue weighted by molar-refractivity contribution is -0.148. The lowest BCUT2D eigenvalue weighted by Gasteiger charge is -2.25. The number of amides is 2. The fourth-order valence-electron chi connectivity index (χ4n) is 3.09. The van der Waals surface area contributed by atoms with E-state index in [1.807, 2.05) is 6.92 Å². The Hall–Kier alpha value is -2.12. The molecule has 2 amide bonds. The van der Waals surface area contributed by atoms with E-state index in [0.717, 1.165) is 31.7 Å². The molecule has 2 atom stereocenters. The predicted octanol–water partition coefficient (Wildman–Crippen LogP) is 1.97. The van der Waals surface area contributed by atoms with E-state index in [9.17, 15) is 18.4 Å². The molecule has 1 aromatic rings. The number of nitrogens with one attached hydrogen (secondary N) is 1. The SMILES string of the molecule is CCN(CCNC(=O)C(F)(F)c1ncccn1)C(=O)C1CCC(C)C1. The van der Waals surface area contributed by atoms with Gasteiger partial charge >= 0.3 is 5.92 Å². The molecule has 1 heterocycles. The Balaban J connectivity index is 1.85. The van der Waals surface area contributed by atoms with Gasteiger partial charge in [0.15, 0.2) is 0 Å². The summed E-state index contributed by atoms with van der Waals surface area (Å²) in [5, 5.41) is 2.18. The molecule has 0 bridgehead atoms. The van der Waals surface area contributed by atoms with Crippen molar-refractivity contribution in [2.24, 2.45) is 11.8 Å². The summed E-state index contributed by atoms with van der Waals surface area (Å²) in [4.78, 5) is 32.7. The lowest BCUT2D eigenvalue weighted by atomic mass is 10.0. The highest BCUT2D eigenvalue weighted by Crippen LogP contribution is 2.31. The Morgan fingerprint density at radius 3 is 2.56 bits per heavy atom. The maximum atomic E-state index is 14.0. The van der Waals surface area contributed by atoms with E-state index in [4.69, 9.17) is 0 Å². The summed E-state index contributed by atoms with van der Waals surface area (Å²) in [5.74, 6) is -5.52. The minimum Gasteiger partial charge on any atom is -0.349 e. The first-order valence-electron chi connectivity index (χ1n) is 8.58. The van der Waals surface area contributed by atoms with Gasteiger partial charge in [0.1, 0.15) is 0 Å². The predicted molar refractivity (Wildman–Crippen MR) is 87.7 cm³/mol. The van der Waals surface area contributed by atoms with Gasteiger partial charge in [-0.05, 0) is 38.2 Å². The molecule has 8 heteroatoms. The highest BCUT2D eigenvalue weighted by Gasteiger charge is 2.43. The van der Waals surface area contributed by atoms with Crippen molar-refractivity contribution >= 4 is 11.8 Å². The van der Waals surface area contributed by atoms with Gasteiger partial charge in [0, 0.05) is 37.9 Å². The van der Waals surface area contributed by atoms with E-state index in [1.54, 1.807) is 4.90 Å². The number of nitrogens with zero attached hydrogens (tertiary/aromatic N) is 3. The summed E-state index contributed by atoms with van der Waals surface area (Å²) in [5.41, 5.74) is 0. The van der Waals surface area contributed by atoms with Crippen LogP contribution in [0.25, 0.3) is 0 Å². The second kappa shape index (κ2) is 8.31. The number of hydrogen-bond acceptors (Lipinski definition) is 4. The summed E-state index contributed by atoms with van der Waals surface area (Å²) in [6.07, 6.45) is 5.08. The van der Waals surface area contributed by atoms with Crippen molar-refractivity contribution in [3.05, 3.63) is 24.3 Å². The third-order valence-corrected chi connectivity index (χ3v) is 4.54. The summed E-state index contributed by atoms with van der Waals surface area (Å²) in [6, 6.07) is 1.39. The summed E-state index contributed by atoms with van der Waals surface area (Å²) >= 11 is 0. The number of likely N-dealkylation sites (N-methyl/N-ethyl adjacent to an activating group) is 1. The third kappa shape index (κ3) is 4.70. The van der Waals surface area contributed by atoms with E-state index in [1.165, 1.54) is 6.07 Å². The van der Waals surface area contributed by atoms with Crippen molar-refractivity contribution in [3.8, 4) is 0 Å². The Kier molecular flexibility index (Phi) is 6.39. The quantitative estimate of drug-likeness (QED) is 0.812. The van der Waals surface area contributed by atoms with Gasteiger partial charge in [-0.15, -0.1) is 0 Å². The van der Waals surface area contributed by atoms with Crippen molar-refractivity contribution in [1.82, 2.24) is 20.2 Å². The number of carbonyl (C=O) groups excluding carboxylic acids is 2. The van der Waals surface area contributed by atoms with E-state index in [2.05, 4.69) is 22.2 Å². The summed E-state index contributed by atoms with van der Waals surface area (Å²) < 4.78 is 28.0. The number of aromatic nitrogens is 2. The molecule has 0 spiro atoms. The number of rotatable bonds is 7. The third-order valence-electron chi connectivity index (χ3n) is 4.54. The molecule has 1 N–H and O–H groups in total. The molecule has 1 saturated carbocycles. The standard InChI is InChI=1S/C17H24F2N4O2/c1-3-23(14(24)13-6-5-12(2)11-13)10-9-22-16(25)17(18,19)15-20-7-4-8-21-15/h4,7-8,12-13H,3,5-6,9-11H2,1-2H3,(H,22,25). The molecule has 2 rings (SSSR count). The minimum atomic E-state index is -3.80. The van der Waals surface area contributed by atoms with Gasteiger partial charge in [0.2, 0.25) is 11.7 Å². The molecule has 0 saturated heterocycles. The monoisotopic (exact) mass is 354 g/mol. The molecule has 6 nitrogen and oxygen atoms in total. The zero-order valence-electron chi connectivity index (χ0n) is 14.5. The maximum absolute atomic E-state index is 14.0. The van der Waals surface area contributed by atoms with Crippen LogP contribution in [0.1, 0.15) is 38.9 Å². The van der Waals surface area contributed by atoms with Crippen molar-refractivity contribution in [2.75, 3.05) is 19.6 Å². The Morgan fingerprint density at radius 2 is 2.00 bits per heavy atom. The average molecular weight is 354 g/mol. The normalized spacial score (nSPS) is 20.3. The van der Waals surface area contributed by atoms with Crippen LogP contribution >= 0.6 is 0 Å². The van der Waals surface area contributed by atoms with E-state index < -0.39 is 17.7 Å². The molecule has 138 valence electrons. The smallest absolute Gasteiger partial charge is 0.349 e. The van der Waals surface area contributed by atoms with Crippen LogP contribution in [0.15, 0.2) is 18.5 Å². The first-order chi connectivity index (χ1) is 11.9. The molecule has 1 fully saturated rings. The van der Waals surface area contributed by atoms with Crippen molar-refractivity contribution < 1.29 is 18.4 Å². The Bertz CT molecular complexity index is 598. The second-order valence-corrected chi connectivity index (χ2v) is 6.44. The molecular formula is C17H24F2N4O2. The molecule has 0 radical (unpaired) electrons. The molecule has 2 unspecified atom stereocenters. The van der Waals surface area contributed by atoms with Gasteiger partial charge in [-0.1, -0.05) is 6.92 Å². The van der Waals surface area contributed by atoms with Crippen LogP contribution < -0.4 is 5.32 Å². The number of hydrogen-bond donors (Lipinski definition) is 1. The number of carbonyl (C=O) groups is 2. The maximum Gasteiger partial charge on any atom is 0.382 e. The largest absolute Gasteiger partial charge is 0.382 e. The highest BCUT2D eigenvalue weighted by molar-refractivity contribution is 5.84. The fraction of sp³-hybridized carbons (Fsp3) is 0.647. The van der Waals surface area contributed by atoms with Crippen LogP contribution in [0.5, 0.6) is 0 Å². The Morgan fingerprint density at radius 1 is 1.32 bits per heavy atom. The van der Waals surface area contributed by atoms with Crippen molar-refractivity contribution in [3.63, 3.8) is 0 Å². The number of alkyl halides is 2. The van der Waals surface area contributed by atoms with Gasteiger partial charge in [-0.25, -0.2) is 9.97 Å². The van der Waals surface area contributed by atoms with Crippen LogP contribution in [0.2, 0.25) is 0 Å². The average Bonchev–Trinajstić information content (AvgIpc) is 3.05. The van der Waals surface area contributed by atoms with Crippen LogP contribution in [0.3, 0.4) is 0 Å². The van der Waals surface area contributed by atoms with E-state index in [-0.39, 0.29) is 24.9 Å². The molecule has 25 heavy (non-hydrogen) atoms. The Labute approximate surface area is 146 Å². The molecular weight excluding hydrogens is 330 g/mol. The first-order valence-corrected chi connectivity index (χ1v) is 8.58. The fourth-order valence-corrected chi connectivity index (χ4v) is 3.09. The van der Waals surface area contributed by atoms with Gasteiger partial charge in [0.25, 0.3) is 5.91 Å². The van der Waals surface area contributed by atoms with Crippen LogP contribution in [-0.4, -0.2) is 46.3 Å². The van der Waals surface area contributed by atoms with Crippen LogP contribution in [-0.2, 0) is 15.5 Å². The van der Waals surface area contributed by atoms with Gasteiger partial charge < -0.3 is 10.2 Å². The molecule has 1 aromatic heterocycles. The molecule has 1 aliphatic carbocycles. The minimum absolute atomic E-state index is 0.00445. The van der Waals surface area contributed by atoms with Gasteiger partial charge in [-0.3, -0.25) is 9.59 Å². The number of halogens is 2. The topological polar surface area (TPSA) is 75.2 Å². The van der Waals surface area contributed by atoms with E-state index in [0.29, 0.717) is 12.5 Å². The van der Waals surface area contributed by atoms with Crippen LogP contribution in [0.4, 0.5) is 8.78 Å². The zero-order chi connectivity index (χ0) is 18.4. The summed E-state index contributed by atoms with van der Waals surface area (Å²) in [7, 11) is 0. The van der Waals surface area contributed by atoms with Gasteiger partial charge in [0.05, 0.1) is 0 Å². The lowest BCUT2D eigenvalue weighted by Crippen LogP contribution is -2.45. The molecule has 1 aliphatic rings. The van der Waals surface area contributed by atoms with Crippen LogP contribution in [0, 0.1) is 11.8 Å². The van der Waals surface area contributed by atoms with Gasteiger partial charge in [-0.2, -0.15) is 8.78 Å². The highest BCUT2D eigenvalue weighted by atomic mass is 19.3.